The first-order valence-electron chi connectivity index (χ1n) is 7.43. The van der Waals surface area contributed by atoms with E-state index in [1.165, 1.54) is 0 Å². The number of nitrogens with one attached hydrogen (secondary N) is 1. The molecule has 0 radical (unpaired) electrons. The molecule has 0 aliphatic heterocycles. The lowest BCUT2D eigenvalue weighted by Crippen LogP contribution is -2.33. The summed E-state index contributed by atoms with van der Waals surface area (Å²) in [5.41, 5.74) is 5.81. The molecular formula is C13H26N2O5S. The molecule has 1 aliphatic rings. The third kappa shape index (κ3) is 8.35. The van der Waals surface area contributed by atoms with Crippen LogP contribution in [-0.4, -0.2) is 52.0 Å². The largest absolute Gasteiger partial charge is 0.465 e. The molecule has 1 rings (SSSR count). The average Bonchev–Trinajstić information content (AvgIpc) is 2.40. The van der Waals surface area contributed by atoms with Gasteiger partial charge in [-0.25, -0.2) is 13.1 Å². The second kappa shape index (κ2) is 9.34. The monoisotopic (exact) mass is 322 g/mol. The Morgan fingerprint density at radius 3 is 2.57 bits per heavy atom. The summed E-state index contributed by atoms with van der Waals surface area (Å²) >= 11 is 0. The SMILES string of the molecule is CCOC(=O)CS(=O)(=O)NCCCOC1CCC(N)CC1. The summed E-state index contributed by atoms with van der Waals surface area (Å²) in [6.45, 7) is 2.57. The Labute approximate surface area is 126 Å². The van der Waals surface area contributed by atoms with Crippen molar-refractivity contribution in [2.75, 3.05) is 25.5 Å². The maximum Gasteiger partial charge on any atom is 0.322 e. The van der Waals surface area contributed by atoms with Crippen LogP contribution < -0.4 is 10.5 Å². The Morgan fingerprint density at radius 2 is 1.95 bits per heavy atom. The van der Waals surface area contributed by atoms with Crippen LogP contribution in [0, 0.1) is 0 Å². The highest BCUT2D eigenvalue weighted by atomic mass is 32.2. The minimum atomic E-state index is -3.61. The summed E-state index contributed by atoms with van der Waals surface area (Å²) in [6, 6.07) is 0.291. The van der Waals surface area contributed by atoms with E-state index in [0.29, 0.717) is 19.1 Å². The molecule has 3 N–H and O–H groups in total. The molecule has 1 fully saturated rings. The van der Waals surface area contributed by atoms with E-state index in [-0.39, 0.29) is 19.3 Å². The third-order valence-electron chi connectivity index (χ3n) is 3.33. The molecular weight excluding hydrogens is 296 g/mol. The zero-order chi connectivity index (χ0) is 15.7. The van der Waals surface area contributed by atoms with Crippen LogP contribution in [0.1, 0.15) is 39.0 Å². The van der Waals surface area contributed by atoms with Gasteiger partial charge in [0.2, 0.25) is 10.0 Å². The highest BCUT2D eigenvalue weighted by molar-refractivity contribution is 7.90. The van der Waals surface area contributed by atoms with Gasteiger partial charge in [0.05, 0.1) is 12.7 Å². The van der Waals surface area contributed by atoms with E-state index in [1.807, 2.05) is 0 Å². The molecule has 0 unspecified atom stereocenters. The Balaban J connectivity index is 2.09. The predicted octanol–water partition coefficient (Wildman–Crippen LogP) is 0.146. The summed E-state index contributed by atoms with van der Waals surface area (Å²) in [5, 5.41) is 0. The van der Waals surface area contributed by atoms with Gasteiger partial charge >= 0.3 is 5.97 Å². The maximum atomic E-state index is 11.6. The summed E-state index contributed by atoms with van der Waals surface area (Å²) in [6.07, 6.45) is 4.71. The second-order valence-corrected chi connectivity index (χ2v) is 7.03. The standard InChI is InChI=1S/C13H26N2O5S/c1-2-19-13(16)10-21(17,18)15-8-3-9-20-12-6-4-11(14)5-7-12/h11-12,15H,2-10,14H2,1H3. The zero-order valence-electron chi connectivity index (χ0n) is 12.5. The Hall–Kier alpha value is -0.700. The quantitative estimate of drug-likeness (QED) is 0.462. The fourth-order valence-electron chi connectivity index (χ4n) is 2.21. The van der Waals surface area contributed by atoms with Crippen LogP contribution in [0.4, 0.5) is 0 Å². The molecule has 0 amide bonds. The smallest absolute Gasteiger partial charge is 0.322 e. The molecule has 0 heterocycles. The molecule has 0 atom stereocenters. The van der Waals surface area contributed by atoms with Crippen molar-refractivity contribution in [2.45, 2.75) is 51.2 Å². The lowest BCUT2D eigenvalue weighted by atomic mass is 9.94. The van der Waals surface area contributed by atoms with Crippen molar-refractivity contribution >= 4 is 16.0 Å². The molecule has 0 aromatic carbocycles. The van der Waals surface area contributed by atoms with Crippen molar-refractivity contribution in [3.8, 4) is 0 Å². The molecule has 0 spiro atoms. The third-order valence-corrected chi connectivity index (χ3v) is 4.59. The van der Waals surface area contributed by atoms with Gasteiger partial charge < -0.3 is 15.2 Å². The van der Waals surface area contributed by atoms with E-state index in [9.17, 15) is 13.2 Å². The number of ether oxygens (including phenoxy) is 2. The van der Waals surface area contributed by atoms with Crippen LogP contribution in [0.5, 0.6) is 0 Å². The number of esters is 1. The van der Waals surface area contributed by atoms with E-state index in [1.54, 1.807) is 6.92 Å². The number of hydrogen-bond acceptors (Lipinski definition) is 6. The van der Waals surface area contributed by atoms with Gasteiger partial charge in [-0.05, 0) is 39.0 Å². The van der Waals surface area contributed by atoms with E-state index in [0.717, 1.165) is 25.7 Å². The highest BCUT2D eigenvalue weighted by Gasteiger charge is 2.19. The normalized spacial score (nSPS) is 23.0. The molecule has 0 aromatic heterocycles. The van der Waals surface area contributed by atoms with Gasteiger partial charge in [0, 0.05) is 19.2 Å². The summed E-state index contributed by atoms with van der Waals surface area (Å²) in [4.78, 5) is 11.1. The molecule has 0 bridgehead atoms. The molecule has 124 valence electrons. The summed E-state index contributed by atoms with van der Waals surface area (Å²) < 4.78 is 35.7. The predicted molar refractivity (Wildman–Crippen MR) is 79.2 cm³/mol. The number of rotatable bonds is 9. The van der Waals surface area contributed by atoms with Crippen LogP contribution in [0.3, 0.4) is 0 Å². The lowest BCUT2D eigenvalue weighted by molar-refractivity contribution is -0.139. The minimum Gasteiger partial charge on any atom is -0.465 e. The number of nitrogens with two attached hydrogens (primary N) is 1. The molecule has 21 heavy (non-hydrogen) atoms. The Kier molecular flexibility index (Phi) is 8.16. The van der Waals surface area contributed by atoms with Gasteiger partial charge in [-0.2, -0.15) is 0 Å². The average molecular weight is 322 g/mol. The molecule has 1 saturated carbocycles. The first-order valence-corrected chi connectivity index (χ1v) is 9.08. The summed E-state index contributed by atoms with van der Waals surface area (Å²) in [7, 11) is -3.61. The van der Waals surface area contributed by atoms with Gasteiger partial charge in [0.15, 0.2) is 5.75 Å². The highest BCUT2D eigenvalue weighted by Crippen LogP contribution is 2.19. The van der Waals surface area contributed by atoms with Crippen LogP contribution in [0.15, 0.2) is 0 Å². The molecule has 7 nitrogen and oxygen atoms in total. The van der Waals surface area contributed by atoms with Crippen molar-refractivity contribution in [1.29, 1.82) is 0 Å². The Morgan fingerprint density at radius 1 is 1.29 bits per heavy atom. The molecule has 8 heteroatoms. The minimum absolute atomic E-state index is 0.174. The fraction of sp³-hybridized carbons (Fsp3) is 0.923. The fourth-order valence-corrected chi connectivity index (χ4v) is 3.16. The first-order chi connectivity index (χ1) is 9.93. The first kappa shape index (κ1) is 18.3. The van der Waals surface area contributed by atoms with E-state index in [2.05, 4.69) is 9.46 Å². The maximum absolute atomic E-state index is 11.6. The van der Waals surface area contributed by atoms with Crippen LogP contribution in [0.25, 0.3) is 0 Å². The number of hydrogen-bond donors (Lipinski definition) is 2. The second-order valence-electron chi connectivity index (χ2n) is 5.22. The number of sulfonamides is 1. The number of carbonyl (C=O) groups excluding carboxylic acids is 1. The molecule has 0 saturated heterocycles. The lowest BCUT2D eigenvalue weighted by Gasteiger charge is -2.26. The topological polar surface area (TPSA) is 108 Å². The van der Waals surface area contributed by atoms with Crippen molar-refractivity contribution in [3.63, 3.8) is 0 Å². The van der Waals surface area contributed by atoms with Crippen molar-refractivity contribution in [1.82, 2.24) is 4.72 Å². The van der Waals surface area contributed by atoms with Gasteiger partial charge in [-0.3, -0.25) is 4.79 Å². The molecule has 0 aromatic rings. The van der Waals surface area contributed by atoms with Crippen LogP contribution in [-0.2, 0) is 24.3 Å². The summed E-state index contributed by atoms with van der Waals surface area (Å²) in [5.74, 6) is -1.37. The van der Waals surface area contributed by atoms with Gasteiger partial charge in [0.1, 0.15) is 0 Å². The Bertz CT molecular complexity index is 405. The van der Waals surface area contributed by atoms with E-state index < -0.39 is 21.7 Å². The van der Waals surface area contributed by atoms with Crippen molar-refractivity contribution in [2.24, 2.45) is 5.73 Å². The van der Waals surface area contributed by atoms with Gasteiger partial charge in [0.25, 0.3) is 0 Å². The zero-order valence-corrected chi connectivity index (χ0v) is 13.4. The van der Waals surface area contributed by atoms with Gasteiger partial charge in [-0.15, -0.1) is 0 Å². The van der Waals surface area contributed by atoms with Crippen molar-refractivity contribution in [3.05, 3.63) is 0 Å². The van der Waals surface area contributed by atoms with Gasteiger partial charge in [-0.1, -0.05) is 0 Å². The van der Waals surface area contributed by atoms with E-state index >= 15 is 0 Å². The van der Waals surface area contributed by atoms with Crippen LogP contribution >= 0.6 is 0 Å². The molecule has 1 aliphatic carbocycles. The van der Waals surface area contributed by atoms with Crippen LogP contribution in [0.2, 0.25) is 0 Å². The van der Waals surface area contributed by atoms with Crippen molar-refractivity contribution < 1.29 is 22.7 Å². The number of carbonyl (C=O) groups is 1. The van der Waals surface area contributed by atoms with E-state index in [4.69, 9.17) is 10.5 Å².